The first-order valence-corrected chi connectivity index (χ1v) is 9.02. The molecule has 2 rings (SSSR count). The van der Waals surface area contributed by atoms with Crippen molar-refractivity contribution in [1.29, 1.82) is 0 Å². The highest BCUT2D eigenvalue weighted by molar-refractivity contribution is 7.90. The Balaban J connectivity index is 2.10. The molecular formula is C14H18N2O2S2. The molecule has 20 heavy (non-hydrogen) atoms. The molecule has 0 unspecified atom stereocenters. The lowest BCUT2D eigenvalue weighted by Gasteiger charge is -2.09. The Bertz CT molecular complexity index is 706. The zero-order valence-corrected chi connectivity index (χ0v) is 13.1. The molecule has 0 fully saturated rings. The van der Waals surface area contributed by atoms with E-state index in [1.807, 2.05) is 0 Å². The Morgan fingerprint density at radius 2 is 1.90 bits per heavy atom. The Morgan fingerprint density at radius 1 is 1.20 bits per heavy atom. The maximum Gasteiger partial charge on any atom is 0.175 e. The van der Waals surface area contributed by atoms with Crippen molar-refractivity contribution in [3.8, 4) is 0 Å². The molecule has 0 spiro atoms. The van der Waals surface area contributed by atoms with Gasteiger partial charge in [-0.2, -0.15) is 0 Å². The fraction of sp³-hybridized carbons (Fsp3) is 0.286. The second-order valence-electron chi connectivity index (χ2n) is 4.60. The van der Waals surface area contributed by atoms with E-state index < -0.39 is 9.84 Å². The summed E-state index contributed by atoms with van der Waals surface area (Å²) in [6.45, 7) is 2.82. The molecular weight excluding hydrogens is 292 g/mol. The van der Waals surface area contributed by atoms with Crippen molar-refractivity contribution in [1.82, 2.24) is 0 Å². The minimum absolute atomic E-state index is 0.241. The van der Waals surface area contributed by atoms with Crippen molar-refractivity contribution >= 4 is 32.5 Å². The van der Waals surface area contributed by atoms with Gasteiger partial charge in [-0.1, -0.05) is 6.92 Å². The Hall–Kier alpha value is -1.53. The minimum atomic E-state index is -3.21. The van der Waals surface area contributed by atoms with Gasteiger partial charge in [0, 0.05) is 22.6 Å². The molecule has 1 aromatic heterocycles. The average Bonchev–Trinajstić information content (AvgIpc) is 2.84. The lowest BCUT2D eigenvalue weighted by molar-refractivity contribution is 0.602. The first-order chi connectivity index (χ1) is 9.40. The molecule has 1 aromatic carbocycles. The van der Waals surface area contributed by atoms with E-state index in [9.17, 15) is 8.42 Å². The van der Waals surface area contributed by atoms with Crippen molar-refractivity contribution in [2.24, 2.45) is 0 Å². The van der Waals surface area contributed by atoms with Crippen LogP contribution in [0.4, 0.5) is 11.4 Å². The van der Waals surface area contributed by atoms with E-state index in [4.69, 9.17) is 5.73 Å². The highest BCUT2D eigenvalue weighted by atomic mass is 32.2. The van der Waals surface area contributed by atoms with Crippen LogP contribution in [0.3, 0.4) is 0 Å². The predicted molar refractivity (Wildman–Crippen MR) is 85.0 cm³/mol. The number of thiophene rings is 1. The first-order valence-electron chi connectivity index (χ1n) is 6.31. The SMILES string of the molecule is CCc1ccc(CNc2ccc(S(C)(=O)=O)cc2N)s1. The molecule has 0 amide bonds. The Labute approximate surface area is 123 Å². The zero-order valence-electron chi connectivity index (χ0n) is 11.5. The average molecular weight is 310 g/mol. The number of hydrogen-bond acceptors (Lipinski definition) is 5. The van der Waals surface area contributed by atoms with Crippen LogP contribution in [-0.2, 0) is 22.8 Å². The third-order valence-corrected chi connectivity index (χ3v) is 5.31. The highest BCUT2D eigenvalue weighted by Gasteiger charge is 2.09. The van der Waals surface area contributed by atoms with E-state index in [-0.39, 0.29) is 4.90 Å². The normalized spacial score (nSPS) is 11.5. The fourth-order valence-electron chi connectivity index (χ4n) is 1.82. The summed E-state index contributed by atoms with van der Waals surface area (Å²) in [6, 6.07) is 8.99. The second kappa shape index (κ2) is 5.85. The van der Waals surface area contributed by atoms with Gasteiger partial charge in [0.2, 0.25) is 0 Å². The van der Waals surface area contributed by atoms with E-state index in [2.05, 4.69) is 24.4 Å². The smallest absolute Gasteiger partial charge is 0.175 e. The topological polar surface area (TPSA) is 72.2 Å². The van der Waals surface area contributed by atoms with Crippen LogP contribution >= 0.6 is 11.3 Å². The van der Waals surface area contributed by atoms with Crippen LogP contribution in [0.5, 0.6) is 0 Å². The van der Waals surface area contributed by atoms with Gasteiger partial charge in [0.15, 0.2) is 9.84 Å². The summed E-state index contributed by atoms with van der Waals surface area (Å²) in [4.78, 5) is 2.82. The number of anilines is 2. The maximum absolute atomic E-state index is 11.4. The van der Waals surface area contributed by atoms with Crippen LogP contribution in [0.2, 0.25) is 0 Å². The number of aryl methyl sites for hydroxylation is 1. The molecule has 0 bridgehead atoms. The van der Waals surface area contributed by atoms with E-state index in [1.165, 1.54) is 22.1 Å². The lowest BCUT2D eigenvalue weighted by atomic mass is 10.2. The van der Waals surface area contributed by atoms with Crippen LogP contribution in [0.15, 0.2) is 35.2 Å². The summed E-state index contributed by atoms with van der Waals surface area (Å²) in [5.41, 5.74) is 7.09. The third-order valence-electron chi connectivity index (χ3n) is 2.97. The number of rotatable bonds is 5. The van der Waals surface area contributed by atoms with Gasteiger partial charge in [-0.15, -0.1) is 11.3 Å². The van der Waals surface area contributed by atoms with E-state index in [1.54, 1.807) is 23.5 Å². The second-order valence-corrected chi connectivity index (χ2v) is 7.86. The van der Waals surface area contributed by atoms with Gasteiger partial charge in [0.05, 0.1) is 16.3 Å². The largest absolute Gasteiger partial charge is 0.397 e. The lowest BCUT2D eigenvalue weighted by Crippen LogP contribution is -2.04. The summed E-state index contributed by atoms with van der Waals surface area (Å²) in [5.74, 6) is 0. The predicted octanol–water partition coefficient (Wildman–Crippen LogP) is 2.91. The Morgan fingerprint density at radius 3 is 2.45 bits per heavy atom. The molecule has 4 nitrogen and oxygen atoms in total. The van der Waals surface area contributed by atoms with Gasteiger partial charge in [0.25, 0.3) is 0 Å². The molecule has 1 heterocycles. The van der Waals surface area contributed by atoms with E-state index >= 15 is 0 Å². The van der Waals surface area contributed by atoms with Gasteiger partial charge >= 0.3 is 0 Å². The number of nitrogen functional groups attached to an aromatic ring is 1. The minimum Gasteiger partial charge on any atom is -0.397 e. The number of hydrogen-bond donors (Lipinski definition) is 2. The molecule has 0 saturated heterocycles. The van der Waals surface area contributed by atoms with Crippen molar-refractivity contribution in [2.45, 2.75) is 24.8 Å². The van der Waals surface area contributed by atoms with Crippen LogP contribution in [0.1, 0.15) is 16.7 Å². The molecule has 0 saturated carbocycles. The monoisotopic (exact) mass is 310 g/mol. The number of sulfone groups is 1. The molecule has 0 radical (unpaired) electrons. The summed E-state index contributed by atoms with van der Waals surface area (Å²) in [7, 11) is -3.21. The van der Waals surface area contributed by atoms with Crippen molar-refractivity contribution in [3.05, 3.63) is 40.1 Å². The third kappa shape index (κ3) is 3.52. The summed E-state index contributed by atoms with van der Waals surface area (Å²) in [6.07, 6.45) is 2.21. The summed E-state index contributed by atoms with van der Waals surface area (Å²) in [5, 5.41) is 3.24. The highest BCUT2D eigenvalue weighted by Crippen LogP contribution is 2.24. The quantitative estimate of drug-likeness (QED) is 0.833. The Kier molecular flexibility index (Phi) is 4.35. The van der Waals surface area contributed by atoms with Crippen LogP contribution in [-0.4, -0.2) is 14.7 Å². The molecule has 2 aromatic rings. The van der Waals surface area contributed by atoms with E-state index in [0.717, 1.165) is 12.1 Å². The molecule has 0 aliphatic heterocycles. The van der Waals surface area contributed by atoms with Crippen molar-refractivity contribution < 1.29 is 8.42 Å². The van der Waals surface area contributed by atoms with E-state index in [0.29, 0.717) is 12.2 Å². The number of benzene rings is 1. The molecule has 0 aliphatic carbocycles. The zero-order chi connectivity index (χ0) is 14.8. The van der Waals surface area contributed by atoms with Crippen molar-refractivity contribution in [3.63, 3.8) is 0 Å². The molecule has 0 atom stereocenters. The first kappa shape index (κ1) is 14.9. The molecule has 3 N–H and O–H groups in total. The van der Waals surface area contributed by atoms with Crippen LogP contribution < -0.4 is 11.1 Å². The summed E-state index contributed by atoms with van der Waals surface area (Å²) >= 11 is 1.77. The van der Waals surface area contributed by atoms with Gasteiger partial charge in [-0.3, -0.25) is 0 Å². The van der Waals surface area contributed by atoms with Gasteiger partial charge in [0.1, 0.15) is 0 Å². The molecule has 0 aliphatic rings. The molecule has 108 valence electrons. The van der Waals surface area contributed by atoms with Crippen LogP contribution in [0, 0.1) is 0 Å². The number of nitrogens with one attached hydrogen (secondary N) is 1. The maximum atomic E-state index is 11.4. The number of nitrogens with two attached hydrogens (primary N) is 1. The van der Waals surface area contributed by atoms with Crippen LogP contribution in [0.25, 0.3) is 0 Å². The molecule has 6 heteroatoms. The van der Waals surface area contributed by atoms with Crippen molar-refractivity contribution in [2.75, 3.05) is 17.3 Å². The fourth-order valence-corrected chi connectivity index (χ4v) is 3.38. The van der Waals surface area contributed by atoms with Gasteiger partial charge in [-0.25, -0.2) is 8.42 Å². The van der Waals surface area contributed by atoms with Gasteiger partial charge < -0.3 is 11.1 Å². The summed E-state index contributed by atoms with van der Waals surface area (Å²) < 4.78 is 22.9. The standard InChI is InChI=1S/C14H18N2O2S2/c1-3-10-4-5-11(19-10)9-16-14-7-6-12(8-13(14)15)20(2,17)18/h4-8,16H,3,9,15H2,1-2H3. The van der Waals surface area contributed by atoms with Gasteiger partial charge in [-0.05, 0) is 36.8 Å².